The normalized spacial score (nSPS) is 12.2. The predicted molar refractivity (Wildman–Crippen MR) is 78.5 cm³/mol. The second-order valence-corrected chi connectivity index (χ2v) is 6.56. The lowest BCUT2D eigenvalue weighted by Gasteiger charge is -2.20. The van der Waals surface area contributed by atoms with Gasteiger partial charge in [-0.15, -0.1) is 0 Å². The molecule has 0 unspecified atom stereocenters. The van der Waals surface area contributed by atoms with Crippen molar-refractivity contribution in [3.63, 3.8) is 0 Å². The Bertz CT molecular complexity index is 446. The molecule has 0 saturated carbocycles. The van der Waals surface area contributed by atoms with Crippen LogP contribution >= 0.6 is 22.6 Å². The van der Waals surface area contributed by atoms with E-state index in [4.69, 9.17) is 0 Å². The van der Waals surface area contributed by atoms with Crippen LogP contribution in [0.3, 0.4) is 0 Å². The SMILES string of the molecule is CN(C)CCc1nc(C(C)(C)C)c(I)c(=O)[nH]1. The summed E-state index contributed by atoms with van der Waals surface area (Å²) in [4.78, 5) is 21.3. The molecule has 0 atom stereocenters. The van der Waals surface area contributed by atoms with Crippen LogP contribution in [-0.4, -0.2) is 35.5 Å². The molecular formula is C12H20IN3O. The molecule has 96 valence electrons. The van der Waals surface area contributed by atoms with Crippen molar-refractivity contribution in [2.75, 3.05) is 20.6 Å². The summed E-state index contributed by atoms with van der Waals surface area (Å²) in [6.07, 6.45) is 0.766. The second kappa shape index (κ2) is 5.48. The zero-order valence-electron chi connectivity index (χ0n) is 11.1. The second-order valence-electron chi connectivity index (χ2n) is 5.48. The highest BCUT2D eigenvalue weighted by Crippen LogP contribution is 2.22. The number of hydrogen-bond acceptors (Lipinski definition) is 3. The molecule has 4 nitrogen and oxygen atoms in total. The molecule has 1 heterocycles. The average Bonchev–Trinajstić information content (AvgIpc) is 2.17. The summed E-state index contributed by atoms with van der Waals surface area (Å²) in [7, 11) is 4.02. The van der Waals surface area contributed by atoms with Gasteiger partial charge in [-0.25, -0.2) is 4.98 Å². The Kier molecular flexibility index (Phi) is 4.71. The Morgan fingerprint density at radius 1 is 1.35 bits per heavy atom. The van der Waals surface area contributed by atoms with Gasteiger partial charge in [0.05, 0.1) is 5.69 Å². The first-order chi connectivity index (χ1) is 7.71. The van der Waals surface area contributed by atoms with Crippen LogP contribution in [0.4, 0.5) is 0 Å². The number of halogens is 1. The number of H-pyrrole nitrogens is 1. The Hall–Kier alpha value is -0.430. The zero-order chi connectivity index (χ0) is 13.2. The van der Waals surface area contributed by atoms with Crippen molar-refractivity contribution in [2.24, 2.45) is 0 Å². The summed E-state index contributed by atoms with van der Waals surface area (Å²) in [5.41, 5.74) is 0.757. The molecule has 0 aromatic carbocycles. The number of rotatable bonds is 3. The average molecular weight is 349 g/mol. The standard InChI is InChI=1S/C12H20IN3O/c1-12(2,3)10-9(13)11(17)15-8(14-10)6-7-16(4)5/h6-7H2,1-5H3,(H,14,15,17). The lowest BCUT2D eigenvalue weighted by molar-refractivity contribution is 0.408. The topological polar surface area (TPSA) is 49.0 Å². The highest BCUT2D eigenvalue weighted by molar-refractivity contribution is 14.1. The lowest BCUT2D eigenvalue weighted by atomic mass is 9.92. The molecule has 0 aliphatic carbocycles. The molecule has 0 amide bonds. The van der Waals surface area contributed by atoms with E-state index in [0.29, 0.717) is 3.57 Å². The van der Waals surface area contributed by atoms with E-state index < -0.39 is 0 Å². The number of nitrogens with zero attached hydrogens (tertiary/aromatic N) is 2. The van der Waals surface area contributed by atoms with Gasteiger partial charge < -0.3 is 9.88 Å². The smallest absolute Gasteiger partial charge is 0.264 e. The highest BCUT2D eigenvalue weighted by Gasteiger charge is 2.21. The number of nitrogens with one attached hydrogen (secondary N) is 1. The molecule has 0 aliphatic rings. The Balaban J connectivity index is 3.11. The van der Waals surface area contributed by atoms with Gasteiger partial charge in [0.2, 0.25) is 0 Å². The van der Waals surface area contributed by atoms with E-state index in [1.54, 1.807) is 0 Å². The highest BCUT2D eigenvalue weighted by atomic mass is 127. The molecule has 5 heteroatoms. The summed E-state index contributed by atoms with van der Waals surface area (Å²) in [5, 5.41) is 0. The Labute approximate surface area is 116 Å². The van der Waals surface area contributed by atoms with E-state index in [-0.39, 0.29) is 11.0 Å². The van der Waals surface area contributed by atoms with E-state index in [1.165, 1.54) is 0 Å². The van der Waals surface area contributed by atoms with Crippen molar-refractivity contribution in [3.05, 3.63) is 25.4 Å². The van der Waals surface area contributed by atoms with Crippen LogP contribution in [0, 0.1) is 3.57 Å². The van der Waals surface area contributed by atoms with Crippen molar-refractivity contribution < 1.29 is 0 Å². The van der Waals surface area contributed by atoms with Crippen molar-refractivity contribution in [3.8, 4) is 0 Å². The van der Waals surface area contributed by atoms with Gasteiger partial charge in [0, 0.05) is 18.4 Å². The van der Waals surface area contributed by atoms with Gasteiger partial charge in [-0.2, -0.15) is 0 Å². The third-order valence-corrected chi connectivity index (χ3v) is 3.42. The van der Waals surface area contributed by atoms with Gasteiger partial charge in [0.25, 0.3) is 5.56 Å². The summed E-state index contributed by atoms with van der Waals surface area (Å²) in [5.74, 6) is 0.772. The predicted octanol–water partition coefficient (Wildman–Crippen LogP) is 1.78. The molecule has 1 N–H and O–H groups in total. The van der Waals surface area contributed by atoms with Gasteiger partial charge in [-0.05, 0) is 36.7 Å². The fourth-order valence-corrected chi connectivity index (χ4v) is 2.51. The van der Waals surface area contributed by atoms with Crippen molar-refractivity contribution in [2.45, 2.75) is 32.6 Å². The molecular weight excluding hydrogens is 329 g/mol. The Morgan fingerprint density at radius 2 is 1.94 bits per heavy atom. The minimum atomic E-state index is -0.0996. The molecule has 0 saturated heterocycles. The van der Waals surface area contributed by atoms with Crippen molar-refractivity contribution in [1.82, 2.24) is 14.9 Å². The molecule has 17 heavy (non-hydrogen) atoms. The molecule has 1 rings (SSSR count). The summed E-state index contributed by atoms with van der Waals surface area (Å²) in [6.45, 7) is 7.11. The first-order valence-electron chi connectivity index (χ1n) is 5.65. The van der Waals surface area contributed by atoms with Gasteiger partial charge >= 0.3 is 0 Å². The fourth-order valence-electron chi connectivity index (χ4n) is 1.45. The van der Waals surface area contributed by atoms with Crippen LogP contribution in [0.2, 0.25) is 0 Å². The first-order valence-corrected chi connectivity index (χ1v) is 6.73. The van der Waals surface area contributed by atoms with Crippen molar-refractivity contribution in [1.29, 1.82) is 0 Å². The van der Waals surface area contributed by atoms with E-state index in [9.17, 15) is 4.79 Å². The molecule has 1 aromatic rings. The molecule has 1 aromatic heterocycles. The van der Waals surface area contributed by atoms with E-state index in [0.717, 1.165) is 24.5 Å². The lowest BCUT2D eigenvalue weighted by Crippen LogP contribution is -2.27. The summed E-state index contributed by atoms with van der Waals surface area (Å²) >= 11 is 2.07. The Morgan fingerprint density at radius 3 is 2.41 bits per heavy atom. The van der Waals surface area contributed by atoms with Gasteiger partial charge in [-0.3, -0.25) is 4.79 Å². The molecule has 0 fully saturated rings. The quantitative estimate of drug-likeness (QED) is 0.847. The minimum Gasteiger partial charge on any atom is -0.310 e. The van der Waals surface area contributed by atoms with Gasteiger partial charge in [-0.1, -0.05) is 20.8 Å². The number of likely N-dealkylation sites (N-methyl/N-ethyl adjacent to an activating group) is 1. The van der Waals surface area contributed by atoms with E-state index in [2.05, 4.69) is 58.2 Å². The van der Waals surface area contributed by atoms with E-state index in [1.807, 2.05) is 14.1 Å². The summed E-state index contributed by atoms with van der Waals surface area (Å²) < 4.78 is 0.698. The third-order valence-electron chi connectivity index (χ3n) is 2.42. The first kappa shape index (κ1) is 14.6. The largest absolute Gasteiger partial charge is 0.310 e. The molecule has 0 bridgehead atoms. The third kappa shape index (κ3) is 4.06. The minimum absolute atomic E-state index is 0.0284. The fraction of sp³-hybridized carbons (Fsp3) is 0.667. The number of hydrogen-bond donors (Lipinski definition) is 1. The number of aromatic amines is 1. The van der Waals surface area contributed by atoms with Crippen LogP contribution < -0.4 is 5.56 Å². The molecule has 0 spiro atoms. The summed E-state index contributed by atoms with van der Waals surface area (Å²) in [6, 6.07) is 0. The van der Waals surface area contributed by atoms with E-state index >= 15 is 0 Å². The monoisotopic (exact) mass is 349 g/mol. The van der Waals surface area contributed by atoms with Crippen LogP contribution in [0.1, 0.15) is 32.3 Å². The maximum Gasteiger partial charge on any atom is 0.264 e. The maximum absolute atomic E-state index is 11.8. The van der Waals surface area contributed by atoms with Gasteiger partial charge in [0.1, 0.15) is 9.39 Å². The van der Waals surface area contributed by atoms with Crippen LogP contribution in [0.25, 0.3) is 0 Å². The maximum atomic E-state index is 11.8. The van der Waals surface area contributed by atoms with Crippen LogP contribution in [-0.2, 0) is 11.8 Å². The molecule has 0 radical (unpaired) electrons. The van der Waals surface area contributed by atoms with Crippen LogP contribution in [0.15, 0.2) is 4.79 Å². The van der Waals surface area contributed by atoms with Crippen molar-refractivity contribution >= 4 is 22.6 Å². The van der Waals surface area contributed by atoms with Gasteiger partial charge in [0.15, 0.2) is 0 Å². The molecule has 0 aliphatic heterocycles. The zero-order valence-corrected chi connectivity index (χ0v) is 13.3. The van der Waals surface area contributed by atoms with Crippen LogP contribution in [0.5, 0.6) is 0 Å². The number of aromatic nitrogens is 2.